The molecule has 0 saturated carbocycles. The molecule has 0 radical (unpaired) electrons. The molecule has 1 fully saturated rings. The summed E-state index contributed by atoms with van der Waals surface area (Å²) in [6.07, 6.45) is -2.97. The topological polar surface area (TPSA) is 49.0 Å². The van der Waals surface area contributed by atoms with E-state index in [0.717, 1.165) is 25.9 Å². The second-order valence-electron chi connectivity index (χ2n) is 6.78. The molecule has 0 atom stereocenters. The summed E-state index contributed by atoms with van der Waals surface area (Å²) < 4.78 is 59.1. The molecule has 29 heavy (non-hydrogen) atoms. The van der Waals surface area contributed by atoms with Crippen molar-refractivity contribution in [2.45, 2.75) is 19.2 Å². The lowest BCUT2D eigenvalue weighted by molar-refractivity contribution is -0.275. The summed E-state index contributed by atoms with van der Waals surface area (Å²) in [6.45, 7) is 2.08. The summed E-state index contributed by atoms with van der Waals surface area (Å²) in [5, 5.41) is 3.25. The quantitative estimate of drug-likeness (QED) is 0.719. The van der Waals surface area contributed by atoms with E-state index in [4.69, 9.17) is 14.2 Å². The molecule has 0 aromatic heterocycles. The Morgan fingerprint density at radius 2 is 1.66 bits per heavy atom. The van der Waals surface area contributed by atoms with Gasteiger partial charge >= 0.3 is 6.36 Å². The van der Waals surface area contributed by atoms with Crippen molar-refractivity contribution in [1.82, 2.24) is 5.32 Å². The van der Waals surface area contributed by atoms with E-state index < -0.39 is 6.36 Å². The summed E-state index contributed by atoms with van der Waals surface area (Å²) in [6, 6.07) is 9.59. The number of hydrogen-bond acceptors (Lipinski definition) is 5. The van der Waals surface area contributed by atoms with Crippen molar-refractivity contribution in [3.05, 3.63) is 36.4 Å². The Bertz CT molecular complexity index is 820. The molecule has 0 unspecified atom stereocenters. The van der Waals surface area contributed by atoms with Crippen molar-refractivity contribution in [3.63, 3.8) is 0 Å². The maximum atomic E-state index is 12.8. The fourth-order valence-electron chi connectivity index (χ4n) is 3.29. The zero-order valence-electron chi connectivity index (χ0n) is 16.3. The monoisotopic (exact) mass is 411 g/mol. The van der Waals surface area contributed by atoms with Crippen molar-refractivity contribution >= 4 is 0 Å². The molecule has 3 rings (SSSR count). The molecule has 0 amide bonds. The molecule has 0 aliphatic carbocycles. The van der Waals surface area contributed by atoms with Gasteiger partial charge < -0.3 is 24.3 Å². The van der Waals surface area contributed by atoms with Gasteiger partial charge in [-0.2, -0.15) is 0 Å². The molecule has 5 nitrogen and oxygen atoms in total. The van der Waals surface area contributed by atoms with Crippen LogP contribution in [0.15, 0.2) is 36.4 Å². The van der Waals surface area contributed by atoms with Crippen LogP contribution in [0.1, 0.15) is 12.8 Å². The first-order valence-electron chi connectivity index (χ1n) is 9.35. The van der Waals surface area contributed by atoms with E-state index in [9.17, 15) is 13.2 Å². The average Bonchev–Trinajstić information content (AvgIpc) is 2.72. The number of alkyl halides is 3. The summed E-state index contributed by atoms with van der Waals surface area (Å²) in [7, 11) is 3.07. The van der Waals surface area contributed by atoms with E-state index in [1.165, 1.54) is 19.2 Å². The maximum absolute atomic E-state index is 12.8. The maximum Gasteiger partial charge on any atom is 0.573 e. The highest BCUT2D eigenvalue weighted by molar-refractivity contribution is 5.74. The van der Waals surface area contributed by atoms with Gasteiger partial charge in [-0.3, -0.25) is 0 Å². The van der Waals surface area contributed by atoms with Crippen molar-refractivity contribution in [2.24, 2.45) is 5.92 Å². The standard InChI is InChI=1S/C21H24F3NO4/c1-26-16-4-6-18(27-2)17(12-16)15-3-5-19(29-21(22,23)24)20(11-15)28-13-14-7-9-25-10-8-14/h3-6,11-12,14,25H,7-10,13H2,1-2H3. The van der Waals surface area contributed by atoms with Crippen LogP contribution >= 0.6 is 0 Å². The van der Waals surface area contributed by atoms with Crippen LogP contribution in [-0.4, -0.2) is 40.3 Å². The van der Waals surface area contributed by atoms with Crippen LogP contribution in [0.3, 0.4) is 0 Å². The van der Waals surface area contributed by atoms with Crippen molar-refractivity contribution < 1.29 is 32.1 Å². The fourth-order valence-corrected chi connectivity index (χ4v) is 3.29. The molecular formula is C21H24F3NO4. The van der Waals surface area contributed by atoms with E-state index in [0.29, 0.717) is 29.2 Å². The molecule has 158 valence electrons. The van der Waals surface area contributed by atoms with E-state index in [1.54, 1.807) is 31.4 Å². The molecular weight excluding hydrogens is 387 g/mol. The normalized spacial score (nSPS) is 15.1. The zero-order valence-corrected chi connectivity index (χ0v) is 16.3. The van der Waals surface area contributed by atoms with Gasteiger partial charge in [0.2, 0.25) is 0 Å². The van der Waals surface area contributed by atoms with Gasteiger partial charge in [0.25, 0.3) is 0 Å². The van der Waals surface area contributed by atoms with Gasteiger partial charge in [-0.05, 0) is 67.7 Å². The van der Waals surface area contributed by atoms with E-state index in [2.05, 4.69) is 10.1 Å². The summed E-state index contributed by atoms with van der Waals surface area (Å²) in [4.78, 5) is 0. The highest BCUT2D eigenvalue weighted by Gasteiger charge is 2.33. The van der Waals surface area contributed by atoms with Crippen molar-refractivity contribution in [2.75, 3.05) is 33.9 Å². The van der Waals surface area contributed by atoms with Crippen LogP contribution in [0.4, 0.5) is 13.2 Å². The minimum atomic E-state index is -4.80. The average molecular weight is 411 g/mol. The van der Waals surface area contributed by atoms with Crippen LogP contribution in [0.2, 0.25) is 0 Å². The molecule has 2 aromatic rings. The predicted octanol–water partition coefficient (Wildman–Crippen LogP) is 4.65. The smallest absolute Gasteiger partial charge is 0.497 e. The minimum Gasteiger partial charge on any atom is -0.497 e. The number of hydrogen-bond donors (Lipinski definition) is 1. The summed E-state index contributed by atoms with van der Waals surface area (Å²) >= 11 is 0. The first kappa shape index (κ1) is 21.1. The molecule has 1 N–H and O–H groups in total. The van der Waals surface area contributed by atoms with E-state index in [1.807, 2.05) is 0 Å². The molecule has 2 aromatic carbocycles. The van der Waals surface area contributed by atoms with E-state index in [-0.39, 0.29) is 17.4 Å². The predicted molar refractivity (Wildman–Crippen MR) is 103 cm³/mol. The fraction of sp³-hybridized carbons (Fsp3) is 0.429. The van der Waals surface area contributed by atoms with Crippen molar-refractivity contribution in [3.8, 4) is 34.1 Å². The first-order chi connectivity index (χ1) is 13.9. The SMILES string of the molecule is COc1ccc(OC)c(-c2ccc(OC(F)(F)F)c(OCC3CCNCC3)c2)c1. The third-order valence-corrected chi connectivity index (χ3v) is 4.82. The number of rotatable bonds is 7. The number of halogens is 3. The summed E-state index contributed by atoms with van der Waals surface area (Å²) in [5.74, 6) is 1.14. The van der Waals surface area contributed by atoms with Crippen LogP contribution in [0, 0.1) is 5.92 Å². The van der Waals surface area contributed by atoms with Crippen molar-refractivity contribution in [1.29, 1.82) is 0 Å². The van der Waals surface area contributed by atoms with E-state index >= 15 is 0 Å². The van der Waals surface area contributed by atoms with Gasteiger partial charge in [0.05, 0.1) is 20.8 Å². The molecule has 0 bridgehead atoms. The molecule has 1 saturated heterocycles. The highest BCUT2D eigenvalue weighted by Crippen LogP contribution is 2.40. The lowest BCUT2D eigenvalue weighted by Gasteiger charge is -2.23. The Morgan fingerprint density at radius 1 is 0.931 bits per heavy atom. The number of methoxy groups -OCH3 is 2. The second kappa shape index (κ2) is 9.26. The minimum absolute atomic E-state index is 0.0447. The Hall–Kier alpha value is -2.61. The van der Waals surface area contributed by atoms with Crippen LogP contribution in [0.5, 0.6) is 23.0 Å². The zero-order chi connectivity index (χ0) is 20.9. The lowest BCUT2D eigenvalue weighted by atomic mass is 9.99. The van der Waals surface area contributed by atoms with Gasteiger partial charge in [0.15, 0.2) is 11.5 Å². The number of nitrogens with one attached hydrogen (secondary N) is 1. The van der Waals surface area contributed by atoms with Gasteiger partial charge in [-0.1, -0.05) is 6.07 Å². The Balaban J connectivity index is 1.93. The van der Waals surface area contributed by atoms with Gasteiger partial charge in [0.1, 0.15) is 11.5 Å². The Labute approximate surface area is 167 Å². The third kappa shape index (κ3) is 5.69. The Morgan fingerprint density at radius 3 is 2.31 bits per heavy atom. The largest absolute Gasteiger partial charge is 0.573 e. The molecule has 1 aliphatic rings. The number of ether oxygens (including phenoxy) is 4. The molecule has 1 heterocycles. The van der Waals surface area contributed by atoms with Crippen LogP contribution in [-0.2, 0) is 0 Å². The van der Waals surface area contributed by atoms with Crippen LogP contribution in [0.25, 0.3) is 11.1 Å². The third-order valence-electron chi connectivity index (χ3n) is 4.82. The molecule has 8 heteroatoms. The van der Waals surface area contributed by atoms with Gasteiger partial charge in [0, 0.05) is 5.56 Å². The van der Waals surface area contributed by atoms with Gasteiger partial charge in [-0.15, -0.1) is 13.2 Å². The van der Waals surface area contributed by atoms with Gasteiger partial charge in [-0.25, -0.2) is 0 Å². The molecule has 0 spiro atoms. The highest BCUT2D eigenvalue weighted by atomic mass is 19.4. The number of piperidine rings is 1. The number of benzene rings is 2. The second-order valence-corrected chi connectivity index (χ2v) is 6.78. The van der Waals surface area contributed by atoms with Crippen LogP contribution < -0.4 is 24.3 Å². The lowest BCUT2D eigenvalue weighted by Crippen LogP contribution is -2.30. The Kier molecular flexibility index (Phi) is 6.74. The summed E-state index contributed by atoms with van der Waals surface area (Å²) in [5.41, 5.74) is 1.31. The first-order valence-corrected chi connectivity index (χ1v) is 9.35. The molecule has 1 aliphatic heterocycles.